The topological polar surface area (TPSA) is 44.8 Å². The second-order valence-corrected chi connectivity index (χ2v) is 4.90. The first-order valence-corrected chi connectivity index (χ1v) is 5.54. The van der Waals surface area contributed by atoms with E-state index in [9.17, 15) is 4.79 Å². The van der Waals surface area contributed by atoms with E-state index >= 15 is 0 Å². The molecule has 1 aliphatic carbocycles. The van der Waals surface area contributed by atoms with Crippen molar-refractivity contribution in [2.24, 2.45) is 0 Å². The number of hydrogen-bond donors (Lipinski definition) is 0. The van der Waals surface area contributed by atoms with Gasteiger partial charge < -0.3 is 4.74 Å². The Morgan fingerprint density at radius 2 is 1.73 bits per heavy atom. The minimum atomic E-state index is -0.756. The summed E-state index contributed by atoms with van der Waals surface area (Å²) in [5.41, 5.74) is -0.535. The van der Waals surface area contributed by atoms with Crippen molar-refractivity contribution in [2.75, 3.05) is 0 Å². The summed E-state index contributed by atoms with van der Waals surface area (Å²) in [5.74, 6) is 0. The van der Waals surface area contributed by atoms with Crippen molar-refractivity contribution in [3.8, 4) is 0 Å². The third-order valence-electron chi connectivity index (χ3n) is 2.19. The van der Waals surface area contributed by atoms with Crippen LogP contribution in [0.4, 0.5) is 4.79 Å². The van der Waals surface area contributed by atoms with Crippen LogP contribution in [0, 0.1) is 0 Å². The fourth-order valence-electron chi connectivity index (χ4n) is 1.54. The maximum atomic E-state index is 11.1. The van der Waals surface area contributed by atoms with Crippen molar-refractivity contribution in [1.29, 1.82) is 0 Å². The predicted molar refractivity (Wildman–Crippen MR) is 55.3 cm³/mol. The van der Waals surface area contributed by atoms with Gasteiger partial charge in [0.1, 0.15) is 11.7 Å². The van der Waals surface area contributed by atoms with Crippen LogP contribution in [-0.4, -0.2) is 17.9 Å². The largest absolute Gasteiger partial charge is 0.540 e. The van der Waals surface area contributed by atoms with Crippen molar-refractivity contribution >= 4 is 6.16 Å². The lowest BCUT2D eigenvalue weighted by molar-refractivity contribution is -0.295. The highest BCUT2D eigenvalue weighted by Gasteiger charge is 2.21. The maximum Gasteiger partial charge on any atom is 0.540 e. The average Bonchev–Trinajstić information content (AvgIpc) is 2.14. The third-order valence-corrected chi connectivity index (χ3v) is 2.19. The highest BCUT2D eigenvalue weighted by Crippen LogP contribution is 2.20. The Kier molecular flexibility index (Phi) is 4.39. The molecule has 0 unspecified atom stereocenters. The van der Waals surface area contributed by atoms with Crippen molar-refractivity contribution in [3.63, 3.8) is 0 Å². The van der Waals surface area contributed by atoms with Gasteiger partial charge in [0.05, 0.1) is 0 Å². The number of ether oxygens (including phenoxy) is 1. The number of rotatable bonds is 2. The van der Waals surface area contributed by atoms with Gasteiger partial charge in [-0.05, 0) is 33.6 Å². The standard InChI is InChI=1S/C11H20O4/c1-11(2,3)13-10(12)15-14-9-7-5-4-6-8-9/h9H,4-8H2,1-3H3. The first-order valence-electron chi connectivity index (χ1n) is 5.54. The average molecular weight is 216 g/mol. The van der Waals surface area contributed by atoms with Crippen molar-refractivity contribution in [3.05, 3.63) is 0 Å². The molecule has 0 aliphatic heterocycles. The Labute approximate surface area is 90.8 Å². The van der Waals surface area contributed by atoms with E-state index in [1.807, 2.05) is 0 Å². The normalized spacial score (nSPS) is 18.6. The zero-order chi connectivity index (χ0) is 11.3. The summed E-state index contributed by atoms with van der Waals surface area (Å²) in [6.45, 7) is 5.36. The quantitative estimate of drug-likeness (QED) is 0.404. The summed E-state index contributed by atoms with van der Waals surface area (Å²) >= 11 is 0. The number of carbonyl (C=O) groups excluding carboxylic acids is 1. The van der Waals surface area contributed by atoms with Crippen molar-refractivity contribution < 1.29 is 19.3 Å². The molecular weight excluding hydrogens is 196 g/mol. The van der Waals surface area contributed by atoms with Gasteiger partial charge in [-0.1, -0.05) is 19.3 Å². The van der Waals surface area contributed by atoms with Gasteiger partial charge in [0.25, 0.3) is 0 Å². The molecule has 4 heteroatoms. The zero-order valence-corrected chi connectivity index (χ0v) is 9.75. The molecule has 1 fully saturated rings. The summed E-state index contributed by atoms with van der Waals surface area (Å²) in [6, 6.07) is 0. The van der Waals surface area contributed by atoms with Gasteiger partial charge in [0.2, 0.25) is 0 Å². The first-order chi connectivity index (χ1) is 6.97. The van der Waals surface area contributed by atoms with E-state index in [0.717, 1.165) is 25.7 Å². The minimum Gasteiger partial charge on any atom is -0.427 e. The second kappa shape index (κ2) is 5.35. The molecule has 0 aromatic heterocycles. The Morgan fingerprint density at radius 1 is 1.13 bits per heavy atom. The van der Waals surface area contributed by atoms with Crippen molar-refractivity contribution in [2.45, 2.75) is 64.6 Å². The van der Waals surface area contributed by atoms with E-state index < -0.39 is 11.8 Å². The third kappa shape index (κ3) is 5.62. The lowest BCUT2D eigenvalue weighted by atomic mass is 9.98. The van der Waals surface area contributed by atoms with Crippen LogP contribution in [0.3, 0.4) is 0 Å². The van der Waals surface area contributed by atoms with Crippen LogP contribution in [0.2, 0.25) is 0 Å². The Balaban J connectivity index is 2.15. The summed E-state index contributed by atoms with van der Waals surface area (Å²) in [6.07, 6.45) is 4.74. The highest BCUT2D eigenvalue weighted by atomic mass is 17.2. The van der Waals surface area contributed by atoms with E-state index in [4.69, 9.17) is 9.62 Å². The summed E-state index contributed by atoms with van der Waals surface area (Å²) in [7, 11) is 0. The highest BCUT2D eigenvalue weighted by molar-refractivity contribution is 5.59. The van der Waals surface area contributed by atoms with E-state index in [1.165, 1.54) is 6.42 Å². The molecule has 15 heavy (non-hydrogen) atoms. The summed E-state index contributed by atoms with van der Waals surface area (Å²) in [5, 5.41) is 0. The molecular formula is C11H20O4. The molecule has 1 saturated carbocycles. The van der Waals surface area contributed by atoms with Crippen LogP contribution in [0.15, 0.2) is 0 Å². The van der Waals surface area contributed by atoms with Crippen LogP contribution < -0.4 is 0 Å². The Morgan fingerprint density at radius 3 is 2.27 bits per heavy atom. The van der Waals surface area contributed by atoms with Gasteiger partial charge in [0.15, 0.2) is 0 Å². The molecule has 0 heterocycles. The van der Waals surface area contributed by atoms with Gasteiger partial charge in [-0.2, -0.15) is 4.89 Å². The van der Waals surface area contributed by atoms with Crippen LogP contribution in [-0.2, 0) is 14.5 Å². The maximum absolute atomic E-state index is 11.1. The smallest absolute Gasteiger partial charge is 0.427 e. The van der Waals surface area contributed by atoms with Gasteiger partial charge in [-0.3, -0.25) is 4.89 Å². The number of hydrogen-bond acceptors (Lipinski definition) is 4. The molecule has 0 bridgehead atoms. The zero-order valence-electron chi connectivity index (χ0n) is 9.75. The lowest BCUT2D eigenvalue weighted by Crippen LogP contribution is -2.26. The van der Waals surface area contributed by atoms with Crippen LogP contribution >= 0.6 is 0 Å². The summed E-state index contributed by atoms with van der Waals surface area (Å²) in [4.78, 5) is 20.7. The molecule has 0 aromatic rings. The molecule has 1 aliphatic rings. The molecule has 88 valence electrons. The van der Waals surface area contributed by atoms with Crippen LogP contribution in [0.5, 0.6) is 0 Å². The van der Waals surface area contributed by atoms with E-state index in [0.29, 0.717) is 0 Å². The lowest BCUT2D eigenvalue weighted by Gasteiger charge is -2.22. The molecule has 0 spiro atoms. The minimum absolute atomic E-state index is 0.0475. The van der Waals surface area contributed by atoms with E-state index in [-0.39, 0.29) is 6.10 Å². The molecule has 0 aromatic carbocycles. The Hall–Kier alpha value is -0.770. The SMILES string of the molecule is CC(C)(C)OC(=O)OOC1CCCCC1. The predicted octanol–water partition coefficient (Wildman–Crippen LogP) is 3.20. The van der Waals surface area contributed by atoms with Gasteiger partial charge >= 0.3 is 6.16 Å². The van der Waals surface area contributed by atoms with Crippen molar-refractivity contribution in [1.82, 2.24) is 0 Å². The second-order valence-electron chi connectivity index (χ2n) is 4.90. The molecule has 0 amide bonds. The van der Waals surface area contributed by atoms with Gasteiger partial charge in [0, 0.05) is 0 Å². The molecule has 4 nitrogen and oxygen atoms in total. The monoisotopic (exact) mass is 216 g/mol. The molecule has 0 saturated heterocycles. The van der Waals surface area contributed by atoms with Gasteiger partial charge in [-0.25, -0.2) is 4.79 Å². The van der Waals surface area contributed by atoms with E-state index in [1.54, 1.807) is 20.8 Å². The molecule has 0 radical (unpaired) electrons. The fraction of sp³-hybridized carbons (Fsp3) is 0.909. The molecule has 1 rings (SSSR count). The molecule has 0 N–H and O–H groups in total. The first kappa shape index (κ1) is 12.3. The Bertz CT molecular complexity index is 201. The van der Waals surface area contributed by atoms with Gasteiger partial charge in [-0.15, -0.1) is 0 Å². The summed E-state index contributed by atoms with van der Waals surface area (Å²) < 4.78 is 4.94. The fourth-order valence-corrected chi connectivity index (χ4v) is 1.54. The van der Waals surface area contributed by atoms with Crippen LogP contribution in [0.1, 0.15) is 52.9 Å². The van der Waals surface area contributed by atoms with E-state index in [2.05, 4.69) is 4.89 Å². The van der Waals surface area contributed by atoms with Crippen LogP contribution in [0.25, 0.3) is 0 Å². The molecule has 0 atom stereocenters. The number of carbonyl (C=O) groups is 1.